The van der Waals surface area contributed by atoms with Gasteiger partial charge in [0, 0.05) is 24.6 Å². The van der Waals surface area contributed by atoms with Crippen LogP contribution in [-0.2, 0) is 32.6 Å². The van der Waals surface area contributed by atoms with Crippen molar-refractivity contribution in [3.63, 3.8) is 0 Å². The van der Waals surface area contributed by atoms with Crippen LogP contribution in [-0.4, -0.2) is 43.8 Å². The monoisotopic (exact) mass is 629 g/mol. The first-order valence-electron chi connectivity index (χ1n) is 15.0. The summed E-state index contributed by atoms with van der Waals surface area (Å²) < 4.78 is 44.3. The van der Waals surface area contributed by atoms with E-state index >= 15 is 4.39 Å². The Morgan fingerprint density at radius 3 is 2.16 bits per heavy atom. The average Bonchev–Trinajstić information content (AvgIpc) is 3.02. The van der Waals surface area contributed by atoms with Crippen molar-refractivity contribution in [3.05, 3.63) is 131 Å². The highest BCUT2D eigenvalue weighted by molar-refractivity contribution is 7.92. The van der Waals surface area contributed by atoms with Crippen molar-refractivity contribution >= 4 is 27.5 Å². The summed E-state index contributed by atoms with van der Waals surface area (Å²) in [5, 5.41) is 2.98. The summed E-state index contributed by atoms with van der Waals surface area (Å²) in [4.78, 5) is 29.7. The molecule has 0 spiro atoms. The maximum atomic E-state index is 15.0. The van der Waals surface area contributed by atoms with Gasteiger partial charge in [0.25, 0.3) is 10.0 Å². The van der Waals surface area contributed by atoms with Crippen LogP contribution in [0.5, 0.6) is 0 Å². The summed E-state index contributed by atoms with van der Waals surface area (Å²) in [6.07, 6.45) is 0.819. The Morgan fingerprint density at radius 1 is 0.844 bits per heavy atom. The third-order valence-electron chi connectivity index (χ3n) is 7.75. The van der Waals surface area contributed by atoms with Gasteiger partial charge in [-0.2, -0.15) is 0 Å². The van der Waals surface area contributed by atoms with Crippen LogP contribution in [0.1, 0.15) is 42.5 Å². The zero-order valence-electron chi connectivity index (χ0n) is 26.1. The van der Waals surface area contributed by atoms with Gasteiger partial charge in [0.1, 0.15) is 18.4 Å². The van der Waals surface area contributed by atoms with Crippen LogP contribution >= 0.6 is 0 Å². The number of hydrogen-bond acceptors (Lipinski definition) is 4. The minimum atomic E-state index is -4.21. The van der Waals surface area contributed by atoms with E-state index in [1.807, 2.05) is 64.1 Å². The number of carbonyl (C=O) groups excluding carboxylic acids is 2. The van der Waals surface area contributed by atoms with Crippen molar-refractivity contribution in [2.45, 2.75) is 64.1 Å². The predicted molar refractivity (Wildman–Crippen MR) is 176 cm³/mol. The minimum absolute atomic E-state index is 0.0263. The average molecular weight is 630 g/mol. The molecule has 236 valence electrons. The van der Waals surface area contributed by atoms with E-state index in [0.717, 1.165) is 21.0 Å². The number of carbonyl (C=O) groups is 2. The second-order valence-electron chi connectivity index (χ2n) is 11.3. The second kappa shape index (κ2) is 15.0. The SMILES string of the molecule is CC[C@H](C)NC(=O)[C@@H](Cc1ccccc1)N(Cc1ccccc1F)C(=O)CN(c1cccc(C)c1)S(=O)(=O)c1ccc(C)cc1. The Labute approximate surface area is 265 Å². The third-order valence-corrected chi connectivity index (χ3v) is 9.54. The molecule has 4 aromatic carbocycles. The molecule has 2 atom stereocenters. The molecule has 4 rings (SSSR count). The molecule has 0 aromatic heterocycles. The third kappa shape index (κ3) is 8.57. The van der Waals surface area contributed by atoms with Crippen LogP contribution in [0.2, 0.25) is 0 Å². The van der Waals surface area contributed by atoms with E-state index in [4.69, 9.17) is 0 Å². The molecule has 0 aliphatic carbocycles. The first-order chi connectivity index (χ1) is 21.5. The molecule has 45 heavy (non-hydrogen) atoms. The van der Waals surface area contributed by atoms with Gasteiger partial charge in [0.2, 0.25) is 11.8 Å². The Kier molecular flexibility index (Phi) is 11.1. The highest BCUT2D eigenvalue weighted by Gasteiger charge is 2.35. The fourth-order valence-corrected chi connectivity index (χ4v) is 6.36. The van der Waals surface area contributed by atoms with Gasteiger partial charge < -0.3 is 10.2 Å². The molecule has 1 N–H and O–H groups in total. The van der Waals surface area contributed by atoms with Gasteiger partial charge in [-0.05, 0) is 68.7 Å². The number of benzene rings is 4. The number of aryl methyl sites for hydroxylation is 2. The number of halogens is 1. The molecule has 4 aromatic rings. The second-order valence-corrected chi connectivity index (χ2v) is 13.2. The van der Waals surface area contributed by atoms with Gasteiger partial charge >= 0.3 is 0 Å². The fraction of sp³-hybridized carbons (Fsp3) is 0.278. The summed E-state index contributed by atoms with van der Waals surface area (Å²) in [6.45, 7) is 6.67. The molecule has 0 saturated heterocycles. The van der Waals surface area contributed by atoms with Crippen LogP contribution in [0.3, 0.4) is 0 Å². The standard InChI is InChI=1S/C36H40FN3O4S/c1-5-28(4)38-36(42)34(23-29-13-7-6-8-14-29)39(24-30-15-9-10-17-33(30)37)35(41)25-40(31-16-11-12-27(3)22-31)45(43,44)32-20-18-26(2)19-21-32/h6-22,28,34H,5,23-25H2,1-4H3,(H,38,42)/t28-,34+/m0/s1. The fourth-order valence-electron chi connectivity index (χ4n) is 4.95. The van der Waals surface area contributed by atoms with E-state index in [2.05, 4.69) is 5.32 Å². The normalized spacial score (nSPS) is 12.6. The van der Waals surface area contributed by atoms with Crippen LogP contribution in [0.25, 0.3) is 0 Å². The number of anilines is 1. The lowest BCUT2D eigenvalue weighted by Gasteiger charge is -2.34. The Bertz CT molecular complexity index is 1710. The van der Waals surface area contributed by atoms with Gasteiger partial charge in [0.05, 0.1) is 10.6 Å². The van der Waals surface area contributed by atoms with E-state index in [9.17, 15) is 18.0 Å². The van der Waals surface area contributed by atoms with Crippen LogP contribution in [0.4, 0.5) is 10.1 Å². The summed E-state index contributed by atoms with van der Waals surface area (Å²) >= 11 is 0. The van der Waals surface area contributed by atoms with Gasteiger partial charge in [-0.3, -0.25) is 13.9 Å². The molecule has 0 heterocycles. The number of amides is 2. The lowest BCUT2D eigenvalue weighted by atomic mass is 10.0. The Balaban J connectivity index is 1.82. The molecular weight excluding hydrogens is 589 g/mol. The van der Waals surface area contributed by atoms with Crippen molar-refractivity contribution in [3.8, 4) is 0 Å². The van der Waals surface area contributed by atoms with Crippen LogP contribution < -0.4 is 9.62 Å². The van der Waals surface area contributed by atoms with E-state index in [1.54, 1.807) is 48.5 Å². The molecule has 0 aliphatic rings. The first-order valence-corrected chi connectivity index (χ1v) is 16.5. The van der Waals surface area contributed by atoms with E-state index in [0.29, 0.717) is 12.1 Å². The highest BCUT2D eigenvalue weighted by atomic mass is 32.2. The lowest BCUT2D eigenvalue weighted by molar-refractivity contribution is -0.140. The molecule has 2 amide bonds. The van der Waals surface area contributed by atoms with Crippen molar-refractivity contribution in [1.82, 2.24) is 10.2 Å². The maximum Gasteiger partial charge on any atom is 0.264 e. The minimum Gasteiger partial charge on any atom is -0.352 e. The van der Waals surface area contributed by atoms with E-state index in [-0.39, 0.29) is 29.5 Å². The molecule has 0 saturated carbocycles. The maximum absolute atomic E-state index is 15.0. The lowest BCUT2D eigenvalue weighted by Crippen LogP contribution is -2.54. The molecular formula is C36H40FN3O4S. The van der Waals surface area contributed by atoms with Gasteiger partial charge in [-0.25, -0.2) is 12.8 Å². The smallest absolute Gasteiger partial charge is 0.264 e. The number of sulfonamides is 1. The van der Waals surface area contributed by atoms with Crippen LogP contribution in [0.15, 0.2) is 108 Å². The van der Waals surface area contributed by atoms with Gasteiger partial charge in [-0.1, -0.05) is 85.3 Å². The zero-order chi connectivity index (χ0) is 32.6. The topological polar surface area (TPSA) is 86.8 Å². The molecule has 0 radical (unpaired) electrons. The number of hydrogen-bond donors (Lipinski definition) is 1. The van der Waals surface area contributed by atoms with E-state index in [1.165, 1.54) is 23.1 Å². The van der Waals surface area contributed by atoms with Gasteiger partial charge in [-0.15, -0.1) is 0 Å². The molecule has 7 nitrogen and oxygen atoms in total. The molecule has 0 unspecified atom stereocenters. The van der Waals surface area contributed by atoms with Gasteiger partial charge in [0.15, 0.2) is 0 Å². The van der Waals surface area contributed by atoms with Crippen molar-refractivity contribution in [2.75, 3.05) is 10.8 Å². The summed E-state index contributed by atoms with van der Waals surface area (Å²) in [5.41, 5.74) is 3.01. The van der Waals surface area contributed by atoms with Crippen molar-refractivity contribution < 1.29 is 22.4 Å². The summed E-state index contributed by atoms with van der Waals surface area (Å²) in [5.74, 6) is -1.57. The van der Waals surface area contributed by atoms with Crippen LogP contribution in [0, 0.1) is 19.7 Å². The first kappa shape index (κ1) is 33.4. The predicted octanol–water partition coefficient (Wildman–Crippen LogP) is 6.19. The molecule has 9 heteroatoms. The largest absolute Gasteiger partial charge is 0.352 e. The molecule has 0 bridgehead atoms. The van der Waals surface area contributed by atoms with Crippen molar-refractivity contribution in [2.24, 2.45) is 0 Å². The summed E-state index contributed by atoms with van der Waals surface area (Å²) in [6, 6.07) is 27.4. The summed E-state index contributed by atoms with van der Waals surface area (Å²) in [7, 11) is -4.21. The quantitative estimate of drug-likeness (QED) is 0.191. The van der Waals surface area contributed by atoms with E-state index < -0.39 is 40.2 Å². The number of nitrogens with one attached hydrogen (secondary N) is 1. The zero-order valence-corrected chi connectivity index (χ0v) is 26.9. The Hall–Kier alpha value is -4.50. The Morgan fingerprint density at radius 2 is 1.51 bits per heavy atom. The van der Waals surface area contributed by atoms with Crippen molar-refractivity contribution in [1.29, 1.82) is 0 Å². The molecule has 0 fully saturated rings. The molecule has 0 aliphatic heterocycles. The number of rotatable bonds is 13. The number of nitrogens with zero attached hydrogens (tertiary/aromatic N) is 2. The highest BCUT2D eigenvalue weighted by Crippen LogP contribution is 2.26.